The van der Waals surface area contributed by atoms with E-state index in [0.29, 0.717) is 28.6 Å². The Labute approximate surface area is 220 Å². The highest BCUT2D eigenvalue weighted by molar-refractivity contribution is 7.92. The Balaban J connectivity index is 2.50. The Bertz CT molecular complexity index is 1160. The van der Waals surface area contributed by atoms with Gasteiger partial charge in [-0.25, -0.2) is 8.42 Å². The highest BCUT2D eigenvalue weighted by Crippen LogP contribution is 2.34. The fourth-order valence-electron chi connectivity index (χ4n) is 3.33. The van der Waals surface area contributed by atoms with Crippen LogP contribution in [0, 0.1) is 0 Å². The summed E-state index contributed by atoms with van der Waals surface area (Å²) in [5, 5.41) is 3.49. The molecule has 0 saturated heterocycles. The number of carbonyl (C=O) groups excluding carboxylic acids is 2. The topological polar surface area (TPSA) is 86.8 Å². The van der Waals surface area contributed by atoms with Crippen LogP contribution in [0.25, 0.3) is 0 Å². The highest BCUT2D eigenvalue weighted by atomic mass is 35.5. The SMILES string of the molecule is CCNC(=O)C(CC)N(Cc1ccc(Cl)c(Cl)c1)C(=O)CN(c1cccc(Cl)c1Cl)S(C)(=O)=O. The van der Waals surface area contributed by atoms with Gasteiger partial charge in [-0.1, -0.05) is 65.5 Å². The average molecular weight is 569 g/mol. The molecule has 0 aliphatic carbocycles. The second-order valence-corrected chi connectivity index (χ2v) is 10.9. The first-order valence-corrected chi connectivity index (χ1v) is 13.7. The number of rotatable bonds is 10. The lowest BCUT2D eigenvalue weighted by Gasteiger charge is -2.33. The second kappa shape index (κ2) is 12.3. The van der Waals surface area contributed by atoms with Crippen molar-refractivity contribution in [1.82, 2.24) is 10.2 Å². The molecule has 7 nitrogen and oxygen atoms in total. The third-order valence-corrected chi connectivity index (χ3v) is 7.63. The van der Waals surface area contributed by atoms with Gasteiger partial charge in [0.1, 0.15) is 12.6 Å². The summed E-state index contributed by atoms with van der Waals surface area (Å²) in [5.41, 5.74) is 0.683. The maximum Gasteiger partial charge on any atom is 0.244 e. The van der Waals surface area contributed by atoms with E-state index in [2.05, 4.69) is 5.32 Å². The van der Waals surface area contributed by atoms with E-state index in [-0.39, 0.29) is 28.2 Å². The molecular formula is C22H25Cl4N3O4S. The number of nitrogens with one attached hydrogen (secondary N) is 1. The number of hydrogen-bond acceptors (Lipinski definition) is 4. The summed E-state index contributed by atoms with van der Waals surface area (Å²) in [6.45, 7) is 3.32. The first kappa shape index (κ1) is 28.5. The monoisotopic (exact) mass is 567 g/mol. The van der Waals surface area contributed by atoms with Gasteiger partial charge in [-0.3, -0.25) is 13.9 Å². The zero-order valence-electron chi connectivity index (χ0n) is 18.8. The van der Waals surface area contributed by atoms with Crippen LogP contribution in [0.1, 0.15) is 25.8 Å². The van der Waals surface area contributed by atoms with Crippen molar-refractivity contribution in [3.05, 3.63) is 62.1 Å². The molecule has 0 aromatic heterocycles. The van der Waals surface area contributed by atoms with Crippen LogP contribution in [0.4, 0.5) is 5.69 Å². The third-order valence-electron chi connectivity index (χ3n) is 4.95. The molecule has 0 heterocycles. The number of anilines is 1. The van der Waals surface area contributed by atoms with Crippen LogP contribution in [0.5, 0.6) is 0 Å². The molecule has 0 spiro atoms. The molecule has 186 valence electrons. The molecular weight excluding hydrogens is 544 g/mol. The molecule has 1 N–H and O–H groups in total. The molecule has 0 radical (unpaired) electrons. The number of benzene rings is 2. The Kier molecular flexibility index (Phi) is 10.3. The van der Waals surface area contributed by atoms with Crippen LogP contribution in [0.15, 0.2) is 36.4 Å². The molecule has 0 bridgehead atoms. The van der Waals surface area contributed by atoms with Crippen molar-refractivity contribution in [1.29, 1.82) is 0 Å². The summed E-state index contributed by atoms with van der Waals surface area (Å²) >= 11 is 24.4. The van der Waals surface area contributed by atoms with Crippen LogP contribution in [0.2, 0.25) is 20.1 Å². The molecule has 34 heavy (non-hydrogen) atoms. The minimum atomic E-state index is -3.93. The van der Waals surface area contributed by atoms with Crippen molar-refractivity contribution in [3.8, 4) is 0 Å². The van der Waals surface area contributed by atoms with Gasteiger partial charge in [0, 0.05) is 13.1 Å². The summed E-state index contributed by atoms with van der Waals surface area (Å²) in [5.74, 6) is -0.962. The molecule has 12 heteroatoms. The van der Waals surface area contributed by atoms with Crippen molar-refractivity contribution < 1.29 is 18.0 Å². The molecule has 2 aromatic rings. The molecule has 0 saturated carbocycles. The Morgan fingerprint density at radius 1 is 1.00 bits per heavy atom. The quantitative estimate of drug-likeness (QED) is 0.436. The molecule has 2 aromatic carbocycles. The number of sulfonamides is 1. The lowest BCUT2D eigenvalue weighted by atomic mass is 10.1. The third kappa shape index (κ3) is 7.15. The highest BCUT2D eigenvalue weighted by Gasteiger charge is 2.32. The largest absolute Gasteiger partial charge is 0.355 e. The van der Waals surface area contributed by atoms with Gasteiger partial charge in [0.2, 0.25) is 21.8 Å². The maximum atomic E-state index is 13.5. The zero-order valence-corrected chi connectivity index (χ0v) is 22.7. The fourth-order valence-corrected chi connectivity index (χ4v) is 4.95. The number of likely N-dealkylation sites (N-methyl/N-ethyl adjacent to an activating group) is 1. The van der Waals surface area contributed by atoms with Gasteiger partial charge in [0.25, 0.3) is 0 Å². The first-order valence-electron chi connectivity index (χ1n) is 10.3. The van der Waals surface area contributed by atoms with E-state index in [1.165, 1.54) is 23.1 Å². The van der Waals surface area contributed by atoms with E-state index in [1.807, 2.05) is 0 Å². The number of amides is 2. The van der Waals surface area contributed by atoms with Gasteiger partial charge in [-0.15, -0.1) is 0 Å². The molecule has 1 atom stereocenters. The van der Waals surface area contributed by atoms with Gasteiger partial charge >= 0.3 is 0 Å². The summed E-state index contributed by atoms with van der Waals surface area (Å²) in [6.07, 6.45) is 1.26. The van der Waals surface area contributed by atoms with E-state index < -0.39 is 28.5 Å². The van der Waals surface area contributed by atoms with Gasteiger partial charge in [0.15, 0.2) is 0 Å². The van der Waals surface area contributed by atoms with Crippen LogP contribution >= 0.6 is 46.4 Å². The van der Waals surface area contributed by atoms with Crippen molar-refractivity contribution in [2.24, 2.45) is 0 Å². The van der Waals surface area contributed by atoms with Crippen LogP contribution in [0.3, 0.4) is 0 Å². The van der Waals surface area contributed by atoms with Gasteiger partial charge in [0.05, 0.1) is 32.0 Å². The van der Waals surface area contributed by atoms with E-state index in [1.54, 1.807) is 32.0 Å². The molecule has 0 fully saturated rings. The van der Waals surface area contributed by atoms with Gasteiger partial charge in [-0.05, 0) is 43.2 Å². The summed E-state index contributed by atoms with van der Waals surface area (Å²) in [4.78, 5) is 27.6. The standard InChI is InChI=1S/C22H25Cl4N3O4S/c1-4-18(22(31)27-5-2)28(12-14-9-10-15(23)17(25)11-14)20(30)13-29(34(3,32)33)19-8-6-7-16(24)21(19)26/h6-11,18H,4-5,12-13H2,1-3H3,(H,27,31). The Morgan fingerprint density at radius 2 is 1.68 bits per heavy atom. The van der Waals surface area contributed by atoms with Crippen LogP contribution < -0.4 is 9.62 Å². The molecule has 0 aliphatic rings. The number of carbonyl (C=O) groups is 2. The minimum Gasteiger partial charge on any atom is -0.355 e. The minimum absolute atomic E-state index is 0.00538. The number of hydrogen-bond donors (Lipinski definition) is 1. The molecule has 0 aliphatic heterocycles. The van der Waals surface area contributed by atoms with E-state index in [4.69, 9.17) is 46.4 Å². The van der Waals surface area contributed by atoms with E-state index in [0.717, 1.165) is 10.6 Å². The first-order chi connectivity index (χ1) is 15.9. The van der Waals surface area contributed by atoms with Crippen LogP contribution in [-0.4, -0.2) is 50.5 Å². The Hall–Kier alpha value is -1.71. The number of halogens is 4. The summed E-state index contributed by atoms with van der Waals surface area (Å²) in [7, 11) is -3.93. The Morgan fingerprint density at radius 3 is 2.24 bits per heavy atom. The van der Waals surface area contributed by atoms with Crippen molar-refractivity contribution in [2.75, 3.05) is 23.7 Å². The van der Waals surface area contributed by atoms with Crippen molar-refractivity contribution >= 4 is 73.9 Å². The lowest BCUT2D eigenvalue weighted by molar-refractivity contribution is -0.140. The predicted octanol–water partition coefficient (Wildman–Crippen LogP) is 5.01. The zero-order chi connectivity index (χ0) is 25.6. The number of nitrogens with zero attached hydrogens (tertiary/aromatic N) is 2. The summed E-state index contributed by atoms with van der Waals surface area (Å²) < 4.78 is 26.1. The second-order valence-electron chi connectivity index (χ2n) is 7.43. The predicted molar refractivity (Wildman–Crippen MR) is 138 cm³/mol. The normalized spacial score (nSPS) is 12.2. The van der Waals surface area contributed by atoms with E-state index >= 15 is 0 Å². The fraction of sp³-hybridized carbons (Fsp3) is 0.364. The smallest absolute Gasteiger partial charge is 0.244 e. The molecule has 2 amide bonds. The van der Waals surface area contributed by atoms with Crippen molar-refractivity contribution in [2.45, 2.75) is 32.9 Å². The van der Waals surface area contributed by atoms with Crippen molar-refractivity contribution in [3.63, 3.8) is 0 Å². The van der Waals surface area contributed by atoms with Gasteiger partial charge in [-0.2, -0.15) is 0 Å². The summed E-state index contributed by atoms with van der Waals surface area (Å²) in [6, 6.07) is 8.50. The van der Waals surface area contributed by atoms with Gasteiger partial charge < -0.3 is 10.2 Å². The molecule has 2 rings (SSSR count). The van der Waals surface area contributed by atoms with E-state index in [9.17, 15) is 18.0 Å². The van der Waals surface area contributed by atoms with Crippen LogP contribution in [-0.2, 0) is 26.2 Å². The maximum absolute atomic E-state index is 13.5. The molecule has 1 unspecified atom stereocenters. The average Bonchev–Trinajstić information content (AvgIpc) is 2.76. The lowest BCUT2D eigenvalue weighted by Crippen LogP contribution is -2.52.